The molecule has 0 unspecified atom stereocenters. The molecule has 1 saturated carbocycles. The number of nitrogens with zero attached hydrogens (tertiary/aromatic N) is 4. The molecule has 1 aliphatic heterocycles. The quantitative estimate of drug-likeness (QED) is 0.274. The van der Waals surface area contributed by atoms with Gasteiger partial charge in [-0.05, 0) is 44.7 Å². The van der Waals surface area contributed by atoms with E-state index < -0.39 is 0 Å². The van der Waals surface area contributed by atoms with Crippen molar-refractivity contribution in [3.05, 3.63) is 52.6 Å². The van der Waals surface area contributed by atoms with E-state index in [0.29, 0.717) is 22.5 Å². The van der Waals surface area contributed by atoms with Crippen LogP contribution in [-0.4, -0.2) is 65.5 Å². The van der Waals surface area contributed by atoms with E-state index in [4.69, 9.17) is 21.3 Å². The number of hydrogen-bond donors (Lipinski definition) is 4. The summed E-state index contributed by atoms with van der Waals surface area (Å²) >= 11 is 6.59. The van der Waals surface area contributed by atoms with E-state index in [1.165, 1.54) is 19.3 Å². The van der Waals surface area contributed by atoms with Crippen LogP contribution in [0, 0.1) is 6.92 Å². The number of H-pyrrole nitrogens is 2. The number of amidine groups is 1. The highest BCUT2D eigenvalue weighted by molar-refractivity contribution is 6.37. The van der Waals surface area contributed by atoms with Gasteiger partial charge < -0.3 is 25.3 Å². The molecule has 1 aromatic carbocycles. The number of hydrogen-bond acceptors (Lipinski definition) is 6. The number of nitrogens with one attached hydrogen (secondary N) is 4. The zero-order valence-corrected chi connectivity index (χ0v) is 20.7. The maximum absolute atomic E-state index is 6.59. The Balaban J connectivity index is 1.33. The van der Waals surface area contributed by atoms with Gasteiger partial charge in [-0.3, -0.25) is 5.10 Å². The first kappa shape index (κ1) is 23.4. The molecule has 4 N–H and O–H groups in total. The number of aromatic amines is 2. The maximum atomic E-state index is 6.59. The number of aromatic nitrogens is 3. The predicted molar refractivity (Wildman–Crippen MR) is 142 cm³/mol. The first-order valence-electron chi connectivity index (χ1n) is 12.0. The van der Waals surface area contributed by atoms with Gasteiger partial charge in [0.05, 0.1) is 5.02 Å². The molecule has 0 atom stereocenters. The Hall–Kier alpha value is -3.30. The first-order chi connectivity index (χ1) is 17.1. The van der Waals surface area contributed by atoms with Crippen molar-refractivity contribution in [2.45, 2.75) is 32.1 Å². The van der Waals surface area contributed by atoms with Gasteiger partial charge in [-0.25, -0.2) is 9.98 Å². The lowest BCUT2D eigenvalue weighted by atomic mass is 9.83. The average Bonchev–Trinajstić information content (AvgIpc) is 3.45. The second-order valence-electron chi connectivity index (χ2n) is 8.97. The minimum Gasteiger partial charge on any atom is -0.470 e. The highest BCUT2D eigenvalue weighted by Gasteiger charge is 2.22. The van der Waals surface area contributed by atoms with Crippen molar-refractivity contribution in [2.75, 3.05) is 38.2 Å². The largest absolute Gasteiger partial charge is 0.470 e. The number of benzene rings is 1. The third-order valence-corrected chi connectivity index (χ3v) is 6.95. The van der Waals surface area contributed by atoms with Crippen LogP contribution in [0.3, 0.4) is 0 Å². The Morgan fingerprint density at radius 3 is 2.89 bits per heavy atom. The van der Waals surface area contributed by atoms with Crippen LogP contribution in [0.5, 0.6) is 5.75 Å². The lowest BCUT2D eigenvalue weighted by molar-refractivity contribution is 0.320. The Kier molecular flexibility index (Phi) is 7.06. The van der Waals surface area contributed by atoms with Crippen LogP contribution < -0.4 is 15.4 Å². The van der Waals surface area contributed by atoms with Crippen molar-refractivity contribution >= 4 is 40.9 Å². The number of aryl methyl sites for hydroxylation is 1. The molecule has 3 aromatic rings. The molecule has 5 rings (SSSR count). The molecule has 3 heterocycles. The Bertz CT molecular complexity index is 1250. The summed E-state index contributed by atoms with van der Waals surface area (Å²) in [6.45, 7) is 9.32. The van der Waals surface area contributed by atoms with Gasteiger partial charge in [0.15, 0.2) is 12.5 Å². The normalized spacial score (nSPS) is 17.5. The van der Waals surface area contributed by atoms with Gasteiger partial charge in [-0.2, -0.15) is 5.10 Å². The predicted octanol–water partition coefficient (Wildman–Crippen LogP) is 4.41. The summed E-state index contributed by atoms with van der Waals surface area (Å²) in [5.41, 5.74) is 3.20. The fraction of sp³-hybridized carbons (Fsp3) is 0.400. The number of halogens is 1. The number of rotatable bonds is 8. The van der Waals surface area contributed by atoms with E-state index in [9.17, 15) is 0 Å². The summed E-state index contributed by atoms with van der Waals surface area (Å²) in [7, 11) is 0. The van der Waals surface area contributed by atoms with E-state index in [1.807, 2.05) is 31.2 Å². The molecule has 0 radical (unpaired) electrons. The summed E-state index contributed by atoms with van der Waals surface area (Å²) in [5, 5.41) is 15.7. The third kappa shape index (κ3) is 5.36. The second-order valence-corrected chi connectivity index (χ2v) is 9.35. The maximum Gasteiger partial charge on any atom is 0.181 e. The molecule has 2 fully saturated rings. The van der Waals surface area contributed by atoms with Crippen molar-refractivity contribution in [3.8, 4) is 5.75 Å². The van der Waals surface area contributed by atoms with Gasteiger partial charge in [0.1, 0.15) is 17.4 Å². The molecule has 184 valence electrons. The summed E-state index contributed by atoms with van der Waals surface area (Å²) in [6, 6.07) is 7.90. The number of piperazine rings is 1. The molecule has 0 amide bonds. The van der Waals surface area contributed by atoms with Crippen LogP contribution in [0.4, 0.5) is 5.82 Å². The van der Waals surface area contributed by atoms with Crippen molar-refractivity contribution in [1.29, 1.82) is 0 Å². The fourth-order valence-electron chi connectivity index (χ4n) is 4.40. The molecule has 0 bridgehead atoms. The molecule has 9 nitrogen and oxygen atoms in total. The highest BCUT2D eigenvalue weighted by atomic mass is 35.5. The number of aliphatic imine (C=N–C) groups is 2. The highest BCUT2D eigenvalue weighted by Crippen LogP contribution is 2.36. The molecule has 10 heteroatoms. The van der Waals surface area contributed by atoms with Gasteiger partial charge in [0, 0.05) is 66.5 Å². The van der Waals surface area contributed by atoms with Crippen LogP contribution in [0.1, 0.15) is 36.6 Å². The standard InChI is InChI=1S/C25H31ClN8O/c1-16-12-18-19(30-16)6-7-21(25(18)26)35-15-29-24(34-10-8-28-9-11-34)14-22(27-2)31-23-13-20(32-33-23)17-4-3-5-17/h6-7,12-14,17,28,30H,2-5,8-11,15H2,1H3,(H2,31,32,33)/b22-14+,29-24+. The smallest absolute Gasteiger partial charge is 0.181 e. The molecular formula is C25H31ClN8O. The van der Waals surface area contributed by atoms with E-state index in [1.54, 1.807) is 0 Å². The Labute approximate surface area is 209 Å². The summed E-state index contributed by atoms with van der Waals surface area (Å²) in [6.07, 6.45) is 5.59. The Morgan fingerprint density at radius 1 is 1.31 bits per heavy atom. The first-order valence-corrected chi connectivity index (χ1v) is 12.4. The van der Waals surface area contributed by atoms with E-state index in [2.05, 4.69) is 48.5 Å². The molecule has 2 aromatic heterocycles. The minimum atomic E-state index is 0.128. The van der Waals surface area contributed by atoms with Crippen molar-refractivity contribution in [2.24, 2.45) is 9.98 Å². The fourth-order valence-corrected chi connectivity index (χ4v) is 4.68. The van der Waals surface area contributed by atoms with Gasteiger partial charge in [-0.1, -0.05) is 18.0 Å². The molecule has 1 aliphatic carbocycles. The summed E-state index contributed by atoms with van der Waals surface area (Å²) in [5.74, 6) is 3.26. The van der Waals surface area contributed by atoms with Gasteiger partial charge in [0.2, 0.25) is 0 Å². The van der Waals surface area contributed by atoms with Gasteiger partial charge >= 0.3 is 0 Å². The van der Waals surface area contributed by atoms with Crippen LogP contribution in [0.25, 0.3) is 10.9 Å². The average molecular weight is 495 g/mol. The third-order valence-electron chi connectivity index (χ3n) is 6.56. The van der Waals surface area contributed by atoms with Crippen molar-refractivity contribution in [3.63, 3.8) is 0 Å². The molecule has 1 saturated heterocycles. The van der Waals surface area contributed by atoms with Crippen molar-refractivity contribution in [1.82, 2.24) is 25.4 Å². The molecule has 35 heavy (non-hydrogen) atoms. The molecule has 2 aliphatic rings. The summed E-state index contributed by atoms with van der Waals surface area (Å²) in [4.78, 5) is 14.4. The van der Waals surface area contributed by atoms with Gasteiger partial charge in [-0.15, -0.1) is 0 Å². The number of fused-ring (bicyclic) bond motifs is 1. The van der Waals surface area contributed by atoms with E-state index >= 15 is 0 Å². The second kappa shape index (κ2) is 10.5. The van der Waals surface area contributed by atoms with Crippen LogP contribution >= 0.6 is 11.6 Å². The molecular weight excluding hydrogens is 464 g/mol. The number of ether oxygens (including phenoxy) is 1. The lowest BCUT2D eigenvalue weighted by Crippen LogP contribution is -2.46. The zero-order chi connectivity index (χ0) is 24.2. The van der Waals surface area contributed by atoms with E-state index in [-0.39, 0.29) is 6.73 Å². The lowest BCUT2D eigenvalue weighted by Gasteiger charge is -2.29. The Morgan fingerprint density at radius 2 is 2.14 bits per heavy atom. The topological polar surface area (TPSA) is 106 Å². The molecule has 0 spiro atoms. The summed E-state index contributed by atoms with van der Waals surface area (Å²) < 4.78 is 5.97. The number of anilines is 1. The van der Waals surface area contributed by atoms with Crippen LogP contribution in [0.2, 0.25) is 5.02 Å². The minimum absolute atomic E-state index is 0.128. The van der Waals surface area contributed by atoms with Crippen molar-refractivity contribution < 1.29 is 4.74 Å². The van der Waals surface area contributed by atoms with Crippen LogP contribution in [0.15, 0.2) is 46.1 Å². The van der Waals surface area contributed by atoms with E-state index in [0.717, 1.165) is 60.1 Å². The zero-order valence-electron chi connectivity index (χ0n) is 19.9. The van der Waals surface area contributed by atoms with Gasteiger partial charge in [0.25, 0.3) is 0 Å². The SMILES string of the molecule is C=N/C(=C\C(=N/COc1ccc2[nH]c(C)cc2c1Cl)N1CCNCC1)Nc1cc(C2CCC2)[nH]n1. The van der Waals surface area contributed by atoms with Crippen LogP contribution in [-0.2, 0) is 0 Å². The monoisotopic (exact) mass is 494 g/mol.